The summed E-state index contributed by atoms with van der Waals surface area (Å²) in [5, 5.41) is 3.01. The van der Waals surface area contributed by atoms with Crippen LogP contribution in [0.1, 0.15) is 29.6 Å². The maximum atomic E-state index is 13.4. The highest BCUT2D eigenvalue weighted by Gasteiger charge is 2.32. The van der Waals surface area contributed by atoms with Crippen LogP contribution in [0.4, 0.5) is 10.1 Å². The molecule has 4 nitrogen and oxygen atoms in total. The molecule has 0 radical (unpaired) electrons. The maximum absolute atomic E-state index is 13.4. The van der Waals surface area contributed by atoms with Crippen molar-refractivity contribution in [2.24, 2.45) is 11.5 Å². The smallest absolute Gasteiger partial charge is 0.253 e. The van der Waals surface area contributed by atoms with Crippen LogP contribution in [0.3, 0.4) is 0 Å². The van der Waals surface area contributed by atoms with Crippen molar-refractivity contribution in [3.05, 3.63) is 29.6 Å². The Balaban J connectivity index is 2.15. The van der Waals surface area contributed by atoms with Crippen LogP contribution in [0.5, 0.6) is 0 Å². The molecule has 1 amide bonds. The number of amides is 1. The molecular formula is C12H16FN3O. The molecule has 1 aliphatic rings. The van der Waals surface area contributed by atoms with Gasteiger partial charge in [-0.15, -0.1) is 0 Å². The molecule has 0 aromatic heterocycles. The van der Waals surface area contributed by atoms with E-state index in [1.54, 1.807) is 6.07 Å². The number of halogens is 1. The molecule has 5 N–H and O–H groups in total. The SMILES string of the molecule is NC(=O)c1c(F)cccc1NCC1(N)CCC1. The van der Waals surface area contributed by atoms with Gasteiger partial charge in [0.1, 0.15) is 5.82 Å². The lowest BCUT2D eigenvalue weighted by molar-refractivity contribution is 0.0997. The predicted molar refractivity (Wildman–Crippen MR) is 64.2 cm³/mol. The fourth-order valence-electron chi connectivity index (χ4n) is 2.00. The van der Waals surface area contributed by atoms with E-state index in [4.69, 9.17) is 11.5 Å². The predicted octanol–water partition coefficient (Wildman–Crippen LogP) is 1.22. The van der Waals surface area contributed by atoms with Gasteiger partial charge in [0.2, 0.25) is 0 Å². The molecule has 0 saturated heterocycles. The fourth-order valence-corrected chi connectivity index (χ4v) is 2.00. The Labute approximate surface area is 99.2 Å². The highest BCUT2D eigenvalue weighted by molar-refractivity contribution is 5.98. The van der Waals surface area contributed by atoms with E-state index in [2.05, 4.69) is 5.32 Å². The van der Waals surface area contributed by atoms with Gasteiger partial charge in [-0.05, 0) is 31.4 Å². The topological polar surface area (TPSA) is 81.1 Å². The Morgan fingerprint density at radius 1 is 1.47 bits per heavy atom. The normalized spacial score (nSPS) is 17.3. The zero-order valence-electron chi connectivity index (χ0n) is 9.50. The first-order valence-corrected chi connectivity index (χ1v) is 5.63. The van der Waals surface area contributed by atoms with Gasteiger partial charge in [0.05, 0.1) is 5.56 Å². The number of nitrogens with one attached hydrogen (secondary N) is 1. The number of anilines is 1. The summed E-state index contributed by atoms with van der Waals surface area (Å²) < 4.78 is 13.4. The average Bonchev–Trinajstić information content (AvgIpc) is 2.23. The van der Waals surface area contributed by atoms with Crippen LogP contribution in [-0.4, -0.2) is 18.0 Å². The van der Waals surface area contributed by atoms with Crippen LogP contribution in [0.15, 0.2) is 18.2 Å². The Kier molecular flexibility index (Phi) is 3.02. The van der Waals surface area contributed by atoms with Crippen molar-refractivity contribution in [3.8, 4) is 0 Å². The molecule has 0 spiro atoms. The minimum atomic E-state index is -0.773. The molecule has 0 atom stereocenters. The number of hydrogen-bond donors (Lipinski definition) is 3. The Morgan fingerprint density at radius 2 is 2.18 bits per heavy atom. The van der Waals surface area contributed by atoms with Gasteiger partial charge in [-0.3, -0.25) is 4.79 Å². The third kappa shape index (κ3) is 2.39. The molecule has 0 unspecified atom stereocenters. The summed E-state index contributed by atoms with van der Waals surface area (Å²) in [5.41, 5.74) is 11.3. The highest BCUT2D eigenvalue weighted by atomic mass is 19.1. The molecule has 1 fully saturated rings. The molecule has 1 aromatic rings. The molecule has 0 heterocycles. The molecule has 92 valence electrons. The van der Waals surface area contributed by atoms with E-state index in [1.807, 2.05) is 0 Å². The number of hydrogen-bond acceptors (Lipinski definition) is 3. The summed E-state index contributed by atoms with van der Waals surface area (Å²) in [4.78, 5) is 11.2. The largest absolute Gasteiger partial charge is 0.382 e. The van der Waals surface area contributed by atoms with Gasteiger partial charge in [0.15, 0.2) is 0 Å². The van der Waals surface area contributed by atoms with Gasteiger partial charge >= 0.3 is 0 Å². The second-order valence-electron chi connectivity index (χ2n) is 4.60. The van der Waals surface area contributed by atoms with Crippen molar-refractivity contribution in [3.63, 3.8) is 0 Å². The van der Waals surface area contributed by atoms with Gasteiger partial charge in [0, 0.05) is 17.8 Å². The van der Waals surface area contributed by atoms with E-state index >= 15 is 0 Å². The van der Waals surface area contributed by atoms with Crippen molar-refractivity contribution >= 4 is 11.6 Å². The van der Waals surface area contributed by atoms with Gasteiger partial charge in [-0.2, -0.15) is 0 Å². The highest BCUT2D eigenvalue weighted by Crippen LogP contribution is 2.29. The number of carbonyl (C=O) groups excluding carboxylic acids is 1. The van der Waals surface area contributed by atoms with E-state index in [0.717, 1.165) is 19.3 Å². The minimum absolute atomic E-state index is 0.101. The molecule has 0 aliphatic heterocycles. The summed E-state index contributed by atoms with van der Waals surface area (Å²) in [6.45, 7) is 0.525. The Bertz CT molecular complexity index is 443. The lowest BCUT2D eigenvalue weighted by atomic mass is 9.77. The van der Waals surface area contributed by atoms with E-state index < -0.39 is 11.7 Å². The molecule has 0 bridgehead atoms. The number of carbonyl (C=O) groups is 1. The lowest BCUT2D eigenvalue weighted by Crippen LogP contribution is -2.52. The van der Waals surface area contributed by atoms with Crippen molar-refractivity contribution < 1.29 is 9.18 Å². The fraction of sp³-hybridized carbons (Fsp3) is 0.417. The summed E-state index contributed by atoms with van der Waals surface area (Å²) >= 11 is 0. The standard InChI is InChI=1S/C12H16FN3O/c13-8-3-1-4-9(10(8)11(14)17)16-7-12(15)5-2-6-12/h1,3-4,16H,2,5-7,15H2,(H2,14,17). The first-order chi connectivity index (χ1) is 8.02. The monoisotopic (exact) mass is 237 g/mol. The van der Waals surface area contributed by atoms with Crippen LogP contribution in [-0.2, 0) is 0 Å². The summed E-state index contributed by atoms with van der Waals surface area (Å²) in [6.07, 6.45) is 3.01. The van der Waals surface area contributed by atoms with Gasteiger partial charge in [-0.25, -0.2) is 4.39 Å². The minimum Gasteiger partial charge on any atom is -0.382 e. The summed E-state index contributed by atoms with van der Waals surface area (Å²) in [5.74, 6) is -1.38. The van der Waals surface area contributed by atoms with Crippen LogP contribution < -0.4 is 16.8 Å². The molecular weight excluding hydrogens is 221 g/mol. The lowest BCUT2D eigenvalue weighted by Gasteiger charge is -2.38. The van der Waals surface area contributed by atoms with E-state index in [9.17, 15) is 9.18 Å². The second-order valence-corrected chi connectivity index (χ2v) is 4.60. The van der Waals surface area contributed by atoms with Gasteiger partial charge in [0.25, 0.3) is 5.91 Å². The van der Waals surface area contributed by atoms with Gasteiger partial charge in [-0.1, -0.05) is 6.07 Å². The number of nitrogens with two attached hydrogens (primary N) is 2. The third-order valence-electron chi connectivity index (χ3n) is 3.24. The second kappa shape index (κ2) is 4.33. The molecule has 1 aliphatic carbocycles. The molecule has 1 aromatic carbocycles. The zero-order valence-corrected chi connectivity index (χ0v) is 9.50. The molecule has 2 rings (SSSR count). The van der Waals surface area contributed by atoms with Crippen molar-refractivity contribution in [2.45, 2.75) is 24.8 Å². The Morgan fingerprint density at radius 3 is 2.71 bits per heavy atom. The number of primary amides is 1. The number of rotatable bonds is 4. The first kappa shape index (κ1) is 11.9. The van der Waals surface area contributed by atoms with Crippen LogP contribution in [0, 0.1) is 5.82 Å². The van der Waals surface area contributed by atoms with E-state index in [0.29, 0.717) is 12.2 Å². The van der Waals surface area contributed by atoms with Crippen molar-refractivity contribution in [1.29, 1.82) is 0 Å². The molecule has 17 heavy (non-hydrogen) atoms. The molecule has 5 heteroatoms. The maximum Gasteiger partial charge on any atom is 0.253 e. The summed E-state index contributed by atoms with van der Waals surface area (Å²) in [7, 11) is 0. The quantitative estimate of drug-likeness (QED) is 0.736. The Hall–Kier alpha value is -1.62. The average molecular weight is 237 g/mol. The first-order valence-electron chi connectivity index (χ1n) is 5.63. The third-order valence-corrected chi connectivity index (χ3v) is 3.24. The van der Waals surface area contributed by atoms with Gasteiger partial charge < -0.3 is 16.8 Å². The van der Waals surface area contributed by atoms with Crippen LogP contribution in [0.25, 0.3) is 0 Å². The number of benzene rings is 1. The van der Waals surface area contributed by atoms with Crippen molar-refractivity contribution in [2.75, 3.05) is 11.9 Å². The van der Waals surface area contributed by atoms with Crippen molar-refractivity contribution in [1.82, 2.24) is 0 Å². The zero-order chi connectivity index (χ0) is 12.5. The van der Waals surface area contributed by atoms with Crippen LogP contribution in [0.2, 0.25) is 0 Å². The van der Waals surface area contributed by atoms with E-state index in [-0.39, 0.29) is 11.1 Å². The van der Waals surface area contributed by atoms with E-state index in [1.165, 1.54) is 12.1 Å². The molecule has 1 saturated carbocycles. The summed E-state index contributed by atoms with van der Waals surface area (Å²) in [6, 6.07) is 4.38. The van der Waals surface area contributed by atoms with Crippen LogP contribution >= 0.6 is 0 Å².